The molecule has 21 heavy (non-hydrogen) atoms. The van der Waals surface area contributed by atoms with Gasteiger partial charge in [0, 0.05) is 25.7 Å². The van der Waals surface area contributed by atoms with Crippen molar-refractivity contribution in [2.24, 2.45) is 22.6 Å². The monoisotopic (exact) mass is 408 g/mol. The van der Waals surface area contributed by atoms with E-state index in [-0.39, 0.29) is 24.0 Å². The maximum Gasteiger partial charge on any atom is 0.191 e. The van der Waals surface area contributed by atoms with E-state index in [0.717, 1.165) is 37.4 Å². The number of hydrogen-bond donors (Lipinski definition) is 1. The summed E-state index contributed by atoms with van der Waals surface area (Å²) >= 11 is 0. The Morgan fingerprint density at radius 2 is 1.81 bits per heavy atom. The zero-order valence-corrected chi connectivity index (χ0v) is 16.3. The number of rotatable bonds is 3. The van der Waals surface area contributed by atoms with Crippen molar-refractivity contribution < 1.29 is 0 Å². The normalized spacial score (nSPS) is 27.3. The van der Waals surface area contributed by atoms with E-state index in [1.807, 2.05) is 0 Å². The summed E-state index contributed by atoms with van der Waals surface area (Å²) in [5.41, 5.74) is 6.16. The number of aliphatic imine (C=N–C) groups is 1. The fourth-order valence-corrected chi connectivity index (χ4v) is 3.30. The summed E-state index contributed by atoms with van der Waals surface area (Å²) in [6.45, 7) is 12.4. The molecule has 2 rings (SSSR count). The standard InChI is InChI=1S/C16H32N4.HI/c1-13-6-9-19(10-7-13)16(17)18-11-15(3)20-8-4-5-14(2)12-20;/h13-15H,4-12H2,1-3H3,(H2,17,18);1H. The van der Waals surface area contributed by atoms with Gasteiger partial charge < -0.3 is 10.6 Å². The molecule has 0 bridgehead atoms. The minimum atomic E-state index is 0. The van der Waals surface area contributed by atoms with Crippen LogP contribution in [-0.2, 0) is 0 Å². The quantitative estimate of drug-likeness (QED) is 0.444. The molecular weight excluding hydrogens is 375 g/mol. The fourth-order valence-electron chi connectivity index (χ4n) is 3.30. The van der Waals surface area contributed by atoms with Crippen LogP contribution in [0.25, 0.3) is 0 Å². The van der Waals surface area contributed by atoms with Gasteiger partial charge in [-0.15, -0.1) is 24.0 Å². The molecule has 0 radical (unpaired) electrons. The van der Waals surface area contributed by atoms with Gasteiger partial charge in [-0.1, -0.05) is 13.8 Å². The van der Waals surface area contributed by atoms with Crippen LogP contribution in [0.1, 0.15) is 46.5 Å². The minimum Gasteiger partial charge on any atom is -0.370 e. The van der Waals surface area contributed by atoms with Crippen molar-refractivity contribution >= 4 is 29.9 Å². The number of piperidine rings is 2. The molecule has 0 aromatic heterocycles. The Morgan fingerprint density at radius 3 is 2.43 bits per heavy atom. The first-order chi connectivity index (χ1) is 9.56. The largest absolute Gasteiger partial charge is 0.370 e. The number of nitrogens with zero attached hydrogens (tertiary/aromatic N) is 3. The van der Waals surface area contributed by atoms with Crippen molar-refractivity contribution in [1.82, 2.24) is 9.80 Å². The molecule has 0 spiro atoms. The minimum absolute atomic E-state index is 0. The van der Waals surface area contributed by atoms with Crippen LogP contribution < -0.4 is 5.73 Å². The SMILES string of the molecule is CC1CCN(C(N)=NCC(C)N2CCCC(C)C2)CC1.I. The van der Waals surface area contributed by atoms with E-state index in [1.165, 1.54) is 38.8 Å². The third-order valence-electron chi connectivity index (χ3n) is 4.94. The molecule has 0 aromatic carbocycles. The average Bonchev–Trinajstić information content (AvgIpc) is 2.45. The van der Waals surface area contributed by atoms with Gasteiger partial charge in [-0.05, 0) is 51.0 Å². The predicted molar refractivity (Wildman–Crippen MR) is 101 cm³/mol. The van der Waals surface area contributed by atoms with Crippen LogP contribution in [0.2, 0.25) is 0 Å². The zero-order chi connectivity index (χ0) is 14.5. The average molecular weight is 408 g/mol. The summed E-state index contributed by atoms with van der Waals surface area (Å²) in [6, 6.07) is 0.514. The van der Waals surface area contributed by atoms with Crippen LogP contribution in [0.5, 0.6) is 0 Å². The number of likely N-dealkylation sites (tertiary alicyclic amines) is 2. The molecule has 2 saturated heterocycles. The Morgan fingerprint density at radius 1 is 1.14 bits per heavy atom. The second-order valence-electron chi connectivity index (χ2n) is 6.96. The fraction of sp³-hybridized carbons (Fsp3) is 0.938. The van der Waals surface area contributed by atoms with Crippen molar-refractivity contribution in [1.29, 1.82) is 0 Å². The van der Waals surface area contributed by atoms with Gasteiger partial charge in [0.25, 0.3) is 0 Å². The highest BCUT2D eigenvalue weighted by Crippen LogP contribution is 2.18. The van der Waals surface area contributed by atoms with Crippen molar-refractivity contribution in [3.63, 3.8) is 0 Å². The first-order valence-electron chi connectivity index (χ1n) is 8.35. The summed E-state index contributed by atoms with van der Waals surface area (Å²) in [6.07, 6.45) is 5.19. The maximum absolute atomic E-state index is 6.16. The topological polar surface area (TPSA) is 44.9 Å². The van der Waals surface area contributed by atoms with E-state index in [4.69, 9.17) is 5.73 Å². The smallest absolute Gasteiger partial charge is 0.191 e. The molecule has 2 heterocycles. The summed E-state index contributed by atoms with van der Waals surface area (Å²) < 4.78 is 0. The summed E-state index contributed by atoms with van der Waals surface area (Å²) in [7, 11) is 0. The third-order valence-corrected chi connectivity index (χ3v) is 4.94. The Kier molecular flexibility index (Phi) is 8.31. The number of guanidine groups is 1. The molecule has 0 amide bonds. The van der Waals surface area contributed by atoms with Crippen molar-refractivity contribution in [2.45, 2.75) is 52.5 Å². The Balaban J connectivity index is 0.00000220. The number of hydrogen-bond acceptors (Lipinski definition) is 2. The lowest BCUT2D eigenvalue weighted by atomic mass is 9.99. The van der Waals surface area contributed by atoms with Crippen LogP contribution >= 0.6 is 24.0 Å². The van der Waals surface area contributed by atoms with Gasteiger partial charge >= 0.3 is 0 Å². The summed E-state index contributed by atoms with van der Waals surface area (Å²) in [4.78, 5) is 9.48. The van der Waals surface area contributed by atoms with E-state index in [0.29, 0.717) is 6.04 Å². The molecule has 124 valence electrons. The molecule has 0 aliphatic carbocycles. The van der Waals surface area contributed by atoms with E-state index < -0.39 is 0 Å². The highest BCUT2D eigenvalue weighted by molar-refractivity contribution is 14.0. The molecule has 2 atom stereocenters. The van der Waals surface area contributed by atoms with Crippen molar-refractivity contribution in [3.8, 4) is 0 Å². The van der Waals surface area contributed by atoms with Crippen LogP contribution in [0.4, 0.5) is 0 Å². The van der Waals surface area contributed by atoms with Gasteiger partial charge in [0.05, 0.1) is 6.54 Å². The molecule has 0 aromatic rings. The van der Waals surface area contributed by atoms with Crippen LogP contribution in [-0.4, -0.2) is 54.5 Å². The molecule has 2 unspecified atom stereocenters. The van der Waals surface area contributed by atoms with Gasteiger partial charge in [-0.25, -0.2) is 0 Å². The molecule has 2 N–H and O–H groups in total. The zero-order valence-electron chi connectivity index (χ0n) is 13.9. The van der Waals surface area contributed by atoms with Crippen LogP contribution in [0.3, 0.4) is 0 Å². The second-order valence-corrected chi connectivity index (χ2v) is 6.96. The first kappa shape index (κ1) is 19.0. The highest BCUT2D eigenvalue weighted by atomic mass is 127. The van der Waals surface area contributed by atoms with Gasteiger partial charge in [-0.3, -0.25) is 9.89 Å². The van der Waals surface area contributed by atoms with Gasteiger partial charge in [0.2, 0.25) is 0 Å². The molecule has 0 saturated carbocycles. The van der Waals surface area contributed by atoms with Crippen LogP contribution in [0, 0.1) is 11.8 Å². The van der Waals surface area contributed by atoms with Gasteiger partial charge in [0.15, 0.2) is 5.96 Å². The van der Waals surface area contributed by atoms with E-state index in [9.17, 15) is 0 Å². The molecular formula is C16H33IN4. The molecule has 5 heteroatoms. The van der Waals surface area contributed by atoms with E-state index >= 15 is 0 Å². The lowest BCUT2D eigenvalue weighted by Crippen LogP contribution is -2.45. The summed E-state index contributed by atoms with van der Waals surface area (Å²) in [5.74, 6) is 2.43. The first-order valence-corrected chi connectivity index (χ1v) is 8.35. The third kappa shape index (κ3) is 5.93. The van der Waals surface area contributed by atoms with E-state index in [1.54, 1.807) is 0 Å². The van der Waals surface area contributed by atoms with Gasteiger partial charge in [0.1, 0.15) is 0 Å². The Labute approximate surface area is 147 Å². The van der Waals surface area contributed by atoms with E-state index in [2.05, 4.69) is 35.6 Å². The van der Waals surface area contributed by atoms with Crippen molar-refractivity contribution in [3.05, 3.63) is 0 Å². The maximum atomic E-state index is 6.16. The highest BCUT2D eigenvalue weighted by Gasteiger charge is 2.21. The molecule has 2 aliphatic rings. The summed E-state index contributed by atoms with van der Waals surface area (Å²) in [5, 5.41) is 0. The van der Waals surface area contributed by atoms with Crippen molar-refractivity contribution in [2.75, 3.05) is 32.7 Å². The Bertz CT molecular complexity index is 326. The van der Waals surface area contributed by atoms with Crippen LogP contribution in [0.15, 0.2) is 4.99 Å². The lowest BCUT2D eigenvalue weighted by molar-refractivity contribution is 0.142. The molecule has 2 aliphatic heterocycles. The number of halogens is 1. The lowest BCUT2D eigenvalue weighted by Gasteiger charge is -2.35. The predicted octanol–water partition coefficient (Wildman–Crippen LogP) is 2.77. The Hall–Kier alpha value is -0.0400. The second kappa shape index (κ2) is 9.18. The number of nitrogens with two attached hydrogens (primary N) is 1. The molecule has 4 nitrogen and oxygen atoms in total. The van der Waals surface area contributed by atoms with Gasteiger partial charge in [-0.2, -0.15) is 0 Å². The molecule has 2 fully saturated rings.